The van der Waals surface area contributed by atoms with Gasteiger partial charge < -0.3 is 9.73 Å². The van der Waals surface area contributed by atoms with Gasteiger partial charge in [0.1, 0.15) is 0 Å². The first-order valence-electron chi connectivity index (χ1n) is 9.21. The summed E-state index contributed by atoms with van der Waals surface area (Å²) >= 11 is 0. The van der Waals surface area contributed by atoms with Crippen LogP contribution in [-0.4, -0.2) is 16.9 Å². The maximum Gasteiger partial charge on any atom is 0.416 e. The predicted molar refractivity (Wildman–Crippen MR) is 103 cm³/mol. The largest absolute Gasteiger partial charge is 0.420 e. The average Bonchev–Trinajstić information content (AvgIpc) is 3.37. The number of para-hydroxylation sites is 1. The van der Waals surface area contributed by atoms with E-state index in [2.05, 4.69) is 21.5 Å². The molecule has 5 nitrogen and oxygen atoms in total. The van der Waals surface area contributed by atoms with Crippen molar-refractivity contribution in [3.05, 3.63) is 60.0 Å². The molecule has 1 fully saturated rings. The maximum atomic E-state index is 12.7. The lowest BCUT2D eigenvalue weighted by Gasteiger charge is -2.11. The maximum absolute atomic E-state index is 12.7. The Morgan fingerprint density at radius 1 is 1.10 bits per heavy atom. The molecule has 0 spiro atoms. The van der Waals surface area contributed by atoms with Gasteiger partial charge in [-0.15, -0.1) is 10.2 Å². The van der Waals surface area contributed by atoms with Gasteiger partial charge in [0, 0.05) is 17.6 Å². The second-order valence-corrected chi connectivity index (χ2v) is 7.03. The summed E-state index contributed by atoms with van der Waals surface area (Å²) in [5.41, 5.74) is 1.10. The van der Waals surface area contributed by atoms with Crippen LogP contribution in [0, 0.1) is 11.2 Å². The van der Waals surface area contributed by atoms with E-state index >= 15 is 0 Å². The zero-order valence-corrected chi connectivity index (χ0v) is 15.3. The Labute approximate surface area is 165 Å². The predicted octanol–water partition coefficient (Wildman–Crippen LogP) is 5.54. The molecule has 2 heterocycles. The summed E-state index contributed by atoms with van der Waals surface area (Å²) in [5.74, 6) is 3.21. The monoisotopic (exact) mass is 396 g/mol. The molecule has 1 unspecified atom stereocenters. The van der Waals surface area contributed by atoms with Crippen molar-refractivity contribution in [1.29, 1.82) is 5.26 Å². The van der Waals surface area contributed by atoms with Crippen LogP contribution in [0.5, 0.6) is 0 Å². The zero-order chi connectivity index (χ0) is 20.4. The minimum atomic E-state index is -4.37. The highest BCUT2D eigenvalue weighted by Crippen LogP contribution is 2.37. The minimum absolute atomic E-state index is 0.0176. The highest BCUT2D eigenvalue weighted by molar-refractivity contribution is 6.67. The number of hydrogen-bond acceptors (Lipinski definition) is 5. The van der Waals surface area contributed by atoms with Crippen LogP contribution in [-0.2, 0) is 6.18 Å². The molecule has 1 aromatic heterocycles. The quantitative estimate of drug-likeness (QED) is 0.586. The molecule has 1 saturated heterocycles. The second kappa shape index (κ2) is 7.62. The second-order valence-electron chi connectivity index (χ2n) is 7.03. The molecule has 0 amide bonds. The summed E-state index contributed by atoms with van der Waals surface area (Å²) in [4.78, 5) is 0. The molecule has 1 atom stereocenters. The number of aromatic nitrogens is 2. The van der Waals surface area contributed by atoms with Gasteiger partial charge in [-0.1, -0.05) is 18.5 Å². The van der Waals surface area contributed by atoms with Gasteiger partial charge in [-0.25, -0.2) is 5.26 Å². The molecule has 1 aliphatic rings. The molecule has 4 rings (SSSR count). The first-order valence-corrected chi connectivity index (χ1v) is 9.21. The van der Waals surface area contributed by atoms with E-state index < -0.39 is 11.7 Å². The van der Waals surface area contributed by atoms with E-state index in [1.165, 1.54) is 12.1 Å². The number of nitrogens with one attached hydrogen (secondary N) is 1. The third-order valence-electron chi connectivity index (χ3n) is 5.05. The van der Waals surface area contributed by atoms with Gasteiger partial charge in [0.25, 0.3) is 6.71 Å². The van der Waals surface area contributed by atoms with Crippen molar-refractivity contribution in [2.24, 2.45) is 0 Å². The van der Waals surface area contributed by atoms with Gasteiger partial charge in [0.2, 0.25) is 11.8 Å². The van der Waals surface area contributed by atoms with E-state index in [1.54, 1.807) is 12.1 Å². The van der Waals surface area contributed by atoms with Gasteiger partial charge in [-0.2, -0.15) is 13.2 Å². The molecule has 29 heavy (non-hydrogen) atoms. The van der Waals surface area contributed by atoms with Gasteiger partial charge in [0.05, 0.1) is 16.8 Å². The Morgan fingerprint density at radius 3 is 2.55 bits per heavy atom. The molecule has 2 aromatic carbocycles. The Balaban J connectivity index is 1.56. The van der Waals surface area contributed by atoms with Crippen LogP contribution < -0.4 is 5.32 Å². The van der Waals surface area contributed by atoms with Crippen LogP contribution >= 0.6 is 0 Å². The molecule has 146 valence electrons. The van der Waals surface area contributed by atoms with E-state index in [9.17, 15) is 13.2 Å². The standard InChI is InChI=1S/C20H16BF3N4O/c22-20(23,24)14-5-7-15(8-6-14)26-17-4-2-1-3-16(17)19-28-27-18(29-19)13-9-10-21(11-13)12-25/h1-8,13,26H,9-11H2. The summed E-state index contributed by atoms with van der Waals surface area (Å²) in [6, 6.07) is 12.0. The fourth-order valence-corrected chi connectivity index (χ4v) is 3.51. The Kier molecular flexibility index (Phi) is 5.01. The highest BCUT2D eigenvalue weighted by Gasteiger charge is 2.33. The van der Waals surface area contributed by atoms with Gasteiger partial charge in [-0.3, -0.25) is 0 Å². The third-order valence-corrected chi connectivity index (χ3v) is 5.05. The van der Waals surface area contributed by atoms with Crippen LogP contribution in [0.1, 0.15) is 23.8 Å². The van der Waals surface area contributed by atoms with Crippen molar-refractivity contribution in [3.63, 3.8) is 0 Å². The number of halogens is 3. The fraction of sp³-hybridized carbons (Fsp3) is 0.250. The number of benzene rings is 2. The molecule has 3 aromatic rings. The van der Waals surface area contributed by atoms with E-state index in [0.29, 0.717) is 35.0 Å². The van der Waals surface area contributed by atoms with Gasteiger partial charge in [0.15, 0.2) is 0 Å². The van der Waals surface area contributed by atoms with Crippen LogP contribution in [0.25, 0.3) is 11.5 Å². The lowest BCUT2D eigenvalue weighted by molar-refractivity contribution is -0.137. The highest BCUT2D eigenvalue weighted by atomic mass is 19.4. The van der Waals surface area contributed by atoms with Crippen LogP contribution in [0.2, 0.25) is 12.6 Å². The van der Waals surface area contributed by atoms with Crippen LogP contribution in [0.3, 0.4) is 0 Å². The van der Waals surface area contributed by atoms with E-state index in [0.717, 1.165) is 24.9 Å². The number of nitrogens with zero attached hydrogens (tertiary/aromatic N) is 3. The first-order chi connectivity index (χ1) is 13.9. The van der Waals surface area contributed by atoms with E-state index in [1.807, 2.05) is 12.1 Å². The van der Waals surface area contributed by atoms with Gasteiger partial charge >= 0.3 is 6.18 Å². The van der Waals surface area contributed by atoms with Gasteiger partial charge in [-0.05, 0) is 49.1 Å². The van der Waals surface area contributed by atoms with Crippen molar-refractivity contribution < 1.29 is 17.6 Å². The Bertz CT molecular complexity index is 1040. The molecule has 0 aliphatic carbocycles. The number of rotatable bonds is 4. The molecular weight excluding hydrogens is 380 g/mol. The van der Waals surface area contributed by atoms with Crippen molar-refractivity contribution in [2.75, 3.05) is 5.32 Å². The molecule has 0 saturated carbocycles. The molecule has 1 aliphatic heterocycles. The van der Waals surface area contributed by atoms with Crippen molar-refractivity contribution in [2.45, 2.75) is 31.2 Å². The Hall–Kier alpha value is -3.28. The third kappa shape index (κ3) is 4.11. The molecule has 9 heteroatoms. The fourth-order valence-electron chi connectivity index (χ4n) is 3.51. The summed E-state index contributed by atoms with van der Waals surface area (Å²) < 4.78 is 44.1. The van der Waals surface area contributed by atoms with E-state index in [-0.39, 0.29) is 12.6 Å². The summed E-state index contributed by atoms with van der Waals surface area (Å²) in [6.07, 6.45) is -2.00. The number of anilines is 2. The Morgan fingerprint density at radius 2 is 1.86 bits per heavy atom. The van der Waals surface area contributed by atoms with Crippen molar-refractivity contribution >= 4 is 18.1 Å². The average molecular weight is 396 g/mol. The molecular formula is C20H16BF3N4O. The normalized spacial score (nSPS) is 16.6. The lowest BCUT2D eigenvalue weighted by atomic mass is 9.50. The summed E-state index contributed by atoms with van der Waals surface area (Å²) in [5, 5.41) is 20.5. The van der Waals surface area contributed by atoms with Crippen LogP contribution in [0.4, 0.5) is 24.5 Å². The van der Waals surface area contributed by atoms with Crippen LogP contribution in [0.15, 0.2) is 52.9 Å². The summed E-state index contributed by atoms with van der Waals surface area (Å²) in [6.45, 7) is 0.0176. The zero-order valence-electron chi connectivity index (χ0n) is 15.3. The molecule has 0 radical (unpaired) electrons. The first kappa shape index (κ1) is 19.1. The topological polar surface area (TPSA) is 74.7 Å². The minimum Gasteiger partial charge on any atom is -0.420 e. The number of nitriles is 1. The SMILES string of the molecule is N#CB1CCC(c2nnc(-c3ccccc3Nc3ccc(C(F)(F)F)cc3)o2)C1. The number of alkyl halides is 3. The van der Waals surface area contributed by atoms with E-state index in [4.69, 9.17) is 9.68 Å². The van der Waals surface area contributed by atoms with Crippen molar-refractivity contribution in [3.8, 4) is 17.4 Å². The number of hydrogen-bond donors (Lipinski definition) is 1. The molecule has 1 N–H and O–H groups in total. The van der Waals surface area contributed by atoms with Crippen molar-refractivity contribution in [1.82, 2.24) is 10.2 Å². The molecule has 0 bridgehead atoms. The smallest absolute Gasteiger partial charge is 0.416 e. The lowest BCUT2D eigenvalue weighted by Crippen LogP contribution is -2.04. The summed E-state index contributed by atoms with van der Waals surface area (Å²) in [7, 11) is 0.